The first-order valence-electron chi connectivity index (χ1n) is 14.5. The summed E-state index contributed by atoms with van der Waals surface area (Å²) in [7, 11) is -3.93. The van der Waals surface area contributed by atoms with Gasteiger partial charge in [0.25, 0.3) is 0 Å². The van der Waals surface area contributed by atoms with E-state index in [-0.39, 0.29) is 36.4 Å². The van der Waals surface area contributed by atoms with Crippen molar-refractivity contribution < 1.29 is 27.5 Å². The van der Waals surface area contributed by atoms with E-state index in [0.29, 0.717) is 46.7 Å². The molecule has 1 aliphatic rings. The largest absolute Gasteiger partial charge is 0.486 e. The molecule has 0 unspecified atom stereocenters. The maximum absolute atomic E-state index is 14.4. The number of fused-ring (bicyclic) bond motifs is 1. The van der Waals surface area contributed by atoms with Gasteiger partial charge in [-0.05, 0) is 55.7 Å². The van der Waals surface area contributed by atoms with Crippen LogP contribution in [0, 0.1) is 0 Å². The molecule has 0 bridgehead atoms. The van der Waals surface area contributed by atoms with Gasteiger partial charge in [-0.3, -0.25) is 13.9 Å². The lowest BCUT2D eigenvalue weighted by Gasteiger charge is -2.34. The van der Waals surface area contributed by atoms with Crippen molar-refractivity contribution in [1.82, 2.24) is 10.2 Å². The van der Waals surface area contributed by atoms with Gasteiger partial charge in [0, 0.05) is 25.1 Å². The van der Waals surface area contributed by atoms with Crippen LogP contribution in [0.15, 0.2) is 66.7 Å². The summed E-state index contributed by atoms with van der Waals surface area (Å²) in [5.41, 5.74) is 1.72. The highest BCUT2D eigenvalue weighted by molar-refractivity contribution is 7.92. The Kier molecular flexibility index (Phi) is 11.4. The fourth-order valence-corrected chi connectivity index (χ4v) is 6.11. The number of hydrogen-bond donors (Lipinski definition) is 1. The monoisotopic (exact) mass is 661 g/mol. The third-order valence-corrected chi connectivity index (χ3v) is 9.88. The van der Waals surface area contributed by atoms with Gasteiger partial charge in [0.2, 0.25) is 21.8 Å². The van der Waals surface area contributed by atoms with Crippen molar-refractivity contribution in [3.8, 4) is 11.5 Å². The standard InChI is InChI=1S/C32H37Cl2N3O6S/c1-4-22(3)35-32(39)28(18-23-9-7-6-8-10-23)36(20-24-11-13-26(33)27(34)17-24)31(38)21-37(44(40,41)5-2)25-12-14-29-30(19-25)43-16-15-42-29/h6-14,17,19,22,28H,4-5,15-16,18,20-21H2,1-3H3,(H,35,39)/t22-,28-/m1/s1. The molecule has 2 amide bonds. The number of ether oxygens (including phenoxy) is 2. The van der Waals surface area contributed by atoms with Gasteiger partial charge in [-0.15, -0.1) is 0 Å². The van der Waals surface area contributed by atoms with Gasteiger partial charge < -0.3 is 19.7 Å². The number of nitrogens with one attached hydrogen (secondary N) is 1. The number of benzene rings is 3. The molecule has 2 atom stereocenters. The van der Waals surface area contributed by atoms with Gasteiger partial charge in [0.05, 0.1) is 21.5 Å². The van der Waals surface area contributed by atoms with E-state index in [1.54, 1.807) is 36.4 Å². The zero-order valence-electron chi connectivity index (χ0n) is 25.0. The summed E-state index contributed by atoms with van der Waals surface area (Å²) in [6, 6.07) is 18.0. The van der Waals surface area contributed by atoms with Crippen LogP contribution in [0.4, 0.5) is 5.69 Å². The molecule has 0 saturated heterocycles. The fourth-order valence-electron chi connectivity index (χ4n) is 4.74. The summed E-state index contributed by atoms with van der Waals surface area (Å²) in [4.78, 5) is 29.6. The second-order valence-corrected chi connectivity index (χ2v) is 13.5. The predicted molar refractivity (Wildman–Crippen MR) is 173 cm³/mol. The normalized spacial score (nSPS) is 13.9. The van der Waals surface area contributed by atoms with Crippen LogP contribution in [0.1, 0.15) is 38.3 Å². The van der Waals surface area contributed by atoms with Crippen LogP contribution < -0.4 is 19.1 Å². The highest BCUT2D eigenvalue weighted by Crippen LogP contribution is 2.35. The van der Waals surface area contributed by atoms with Crippen molar-refractivity contribution in [2.45, 2.75) is 52.2 Å². The van der Waals surface area contributed by atoms with E-state index in [9.17, 15) is 18.0 Å². The first kappa shape index (κ1) is 33.4. The molecule has 0 saturated carbocycles. The van der Waals surface area contributed by atoms with Gasteiger partial charge in [-0.2, -0.15) is 0 Å². The SMILES string of the molecule is CC[C@@H](C)NC(=O)[C@@H](Cc1ccccc1)N(Cc1ccc(Cl)c(Cl)c1)C(=O)CN(c1ccc2c(c1)OCCO2)S(=O)(=O)CC. The van der Waals surface area contributed by atoms with E-state index >= 15 is 0 Å². The Bertz CT molecular complexity index is 1570. The Morgan fingerprint density at radius 1 is 0.909 bits per heavy atom. The lowest BCUT2D eigenvalue weighted by atomic mass is 10.0. The third-order valence-electron chi connectivity index (χ3n) is 7.40. The first-order chi connectivity index (χ1) is 21.0. The van der Waals surface area contributed by atoms with Crippen LogP contribution in [0.5, 0.6) is 11.5 Å². The molecule has 9 nitrogen and oxygen atoms in total. The van der Waals surface area contributed by atoms with Crippen LogP contribution in [-0.2, 0) is 32.6 Å². The van der Waals surface area contributed by atoms with Gasteiger partial charge in [0.15, 0.2) is 11.5 Å². The lowest BCUT2D eigenvalue weighted by molar-refractivity contribution is -0.140. The molecule has 1 heterocycles. The van der Waals surface area contributed by atoms with Crippen LogP contribution >= 0.6 is 23.2 Å². The minimum atomic E-state index is -3.93. The Balaban J connectivity index is 1.77. The van der Waals surface area contributed by atoms with E-state index in [1.807, 2.05) is 44.2 Å². The number of amides is 2. The van der Waals surface area contributed by atoms with E-state index in [0.717, 1.165) is 9.87 Å². The molecule has 44 heavy (non-hydrogen) atoms. The fraction of sp³-hybridized carbons (Fsp3) is 0.375. The minimum absolute atomic E-state index is 0.0116. The van der Waals surface area contributed by atoms with Crippen molar-refractivity contribution in [3.05, 3.63) is 87.9 Å². The molecule has 1 N–H and O–H groups in total. The van der Waals surface area contributed by atoms with Crippen molar-refractivity contribution in [2.24, 2.45) is 0 Å². The minimum Gasteiger partial charge on any atom is -0.486 e. The summed E-state index contributed by atoms with van der Waals surface area (Å²) < 4.78 is 39.2. The van der Waals surface area contributed by atoms with Crippen molar-refractivity contribution in [3.63, 3.8) is 0 Å². The number of halogens is 2. The molecule has 0 aliphatic carbocycles. The Morgan fingerprint density at radius 3 is 2.27 bits per heavy atom. The van der Waals surface area contributed by atoms with Crippen molar-refractivity contribution in [1.29, 1.82) is 0 Å². The Morgan fingerprint density at radius 2 is 1.61 bits per heavy atom. The average Bonchev–Trinajstić information content (AvgIpc) is 3.03. The zero-order valence-corrected chi connectivity index (χ0v) is 27.3. The molecule has 12 heteroatoms. The van der Waals surface area contributed by atoms with Gasteiger partial charge >= 0.3 is 0 Å². The average molecular weight is 663 g/mol. The first-order valence-corrected chi connectivity index (χ1v) is 16.9. The van der Waals surface area contributed by atoms with Crippen LogP contribution in [0.2, 0.25) is 10.0 Å². The van der Waals surface area contributed by atoms with Crippen molar-refractivity contribution >= 4 is 50.7 Å². The van der Waals surface area contributed by atoms with E-state index in [1.165, 1.54) is 11.8 Å². The highest BCUT2D eigenvalue weighted by atomic mass is 35.5. The van der Waals surface area contributed by atoms with E-state index < -0.39 is 28.5 Å². The molecule has 0 aromatic heterocycles. The zero-order chi connectivity index (χ0) is 31.9. The smallest absolute Gasteiger partial charge is 0.244 e. The highest BCUT2D eigenvalue weighted by Gasteiger charge is 2.34. The number of rotatable bonds is 13. The maximum Gasteiger partial charge on any atom is 0.244 e. The molecule has 0 radical (unpaired) electrons. The van der Waals surface area contributed by atoms with Gasteiger partial charge in [-0.25, -0.2) is 8.42 Å². The van der Waals surface area contributed by atoms with Gasteiger partial charge in [0.1, 0.15) is 25.8 Å². The summed E-state index contributed by atoms with van der Waals surface area (Å²) in [5.74, 6) is -0.279. The summed E-state index contributed by atoms with van der Waals surface area (Å²) in [5, 5.41) is 3.66. The second kappa shape index (κ2) is 15.0. The number of carbonyl (C=O) groups is 2. The summed E-state index contributed by atoms with van der Waals surface area (Å²) >= 11 is 12.5. The molecular formula is C32H37Cl2N3O6S. The maximum atomic E-state index is 14.4. The predicted octanol–water partition coefficient (Wildman–Crippen LogP) is 5.48. The summed E-state index contributed by atoms with van der Waals surface area (Å²) in [6.07, 6.45) is 0.901. The quantitative estimate of drug-likeness (QED) is 0.260. The second-order valence-electron chi connectivity index (χ2n) is 10.5. The topological polar surface area (TPSA) is 105 Å². The molecule has 0 spiro atoms. The molecule has 1 aliphatic heterocycles. The molecule has 0 fully saturated rings. The molecule has 236 valence electrons. The number of anilines is 1. The van der Waals surface area contributed by atoms with Crippen molar-refractivity contribution in [2.75, 3.05) is 29.8 Å². The Hall–Kier alpha value is -3.47. The number of nitrogens with zero attached hydrogens (tertiary/aromatic N) is 2. The van der Waals surface area contributed by atoms with Crippen LogP contribution in [-0.4, -0.2) is 62.7 Å². The molecule has 3 aromatic carbocycles. The van der Waals surface area contributed by atoms with E-state index in [4.69, 9.17) is 32.7 Å². The summed E-state index contributed by atoms with van der Waals surface area (Å²) in [6.45, 7) is 5.50. The molecular weight excluding hydrogens is 625 g/mol. The number of carbonyl (C=O) groups excluding carboxylic acids is 2. The number of sulfonamides is 1. The van der Waals surface area contributed by atoms with Crippen LogP contribution in [0.25, 0.3) is 0 Å². The van der Waals surface area contributed by atoms with E-state index in [2.05, 4.69) is 5.32 Å². The third kappa shape index (κ3) is 8.37. The molecule has 4 rings (SSSR count). The molecule has 3 aromatic rings. The van der Waals surface area contributed by atoms with Gasteiger partial charge in [-0.1, -0.05) is 66.5 Å². The lowest BCUT2D eigenvalue weighted by Crippen LogP contribution is -2.54. The Labute approximate surface area is 269 Å². The number of hydrogen-bond acceptors (Lipinski definition) is 6. The van der Waals surface area contributed by atoms with Crippen LogP contribution in [0.3, 0.4) is 0 Å².